The van der Waals surface area contributed by atoms with Crippen LogP contribution in [0.15, 0.2) is 24.3 Å². The zero-order chi connectivity index (χ0) is 20.3. The third-order valence-corrected chi connectivity index (χ3v) is 6.66. The lowest BCUT2D eigenvalue weighted by Gasteiger charge is -2.31. The van der Waals surface area contributed by atoms with E-state index in [0.29, 0.717) is 11.8 Å². The van der Waals surface area contributed by atoms with E-state index in [2.05, 4.69) is 31.2 Å². The Morgan fingerprint density at radius 1 is 1.11 bits per heavy atom. The van der Waals surface area contributed by atoms with Crippen LogP contribution in [-0.2, 0) is 9.53 Å². The van der Waals surface area contributed by atoms with Gasteiger partial charge in [-0.15, -0.1) is 0 Å². The molecule has 0 saturated carbocycles. The summed E-state index contributed by atoms with van der Waals surface area (Å²) in [5.74, 6) is 0.999. The van der Waals surface area contributed by atoms with Gasteiger partial charge in [0.15, 0.2) is 0 Å². The first-order valence-corrected chi connectivity index (χ1v) is 11.3. The molecule has 0 radical (unpaired) electrons. The Morgan fingerprint density at radius 3 is 2.57 bits per heavy atom. The maximum absolute atomic E-state index is 13.2. The fourth-order valence-electron chi connectivity index (χ4n) is 3.96. The number of benzene rings is 1. The van der Waals surface area contributed by atoms with Crippen LogP contribution in [0.3, 0.4) is 0 Å². The standard InChI is InChI=1S/C22H32N2O3S/c1-16-8-5-6-9-17(16)19-11-13-23(14-15-28-19)20(25)18-10-7-12-24(18)21(26)27-22(2,3)4/h5-6,8-9,18-19H,7,10-15H2,1-4H3. The number of likely N-dealkylation sites (tertiary alicyclic amines) is 1. The monoisotopic (exact) mass is 404 g/mol. The van der Waals surface area contributed by atoms with E-state index < -0.39 is 5.60 Å². The highest BCUT2D eigenvalue weighted by Gasteiger charge is 2.39. The normalized spacial score (nSPS) is 23.4. The van der Waals surface area contributed by atoms with Crippen molar-refractivity contribution in [3.63, 3.8) is 0 Å². The molecule has 154 valence electrons. The Bertz CT molecular complexity index is 716. The van der Waals surface area contributed by atoms with Gasteiger partial charge in [-0.1, -0.05) is 24.3 Å². The zero-order valence-corrected chi connectivity index (χ0v) is 18.3. The first-order chi connectivity index (χ1) is 13.3. The summed E-state index contributed by atoms with van der Waals surface area (Å²) in [6.45, 7) is 9.80. The average Bonchev–Trinajstić information content (AvgIpc) is 2.99. The van der Waals surface area contributed by atoms with Gasteiger partial charge in [0.2, 0.25) is 5.91 Å². The molecule has 2 fully saturated rings. The molecule has 0 bridgehead atoms. The lowest BCUT2D eigenvalue weighted by atomic mass is 10.0. The van der Waals surface area contributed by atoms with Gasteiger partial charge in [0.25, 0.3) is 0 Å². The molecule has 6 heteroatoms. The number of rotatable bonds is 2. The molecule has 2 aliphatic rings. The number of hydrogen-bond donors (Lipinski definition) is 0. The van der Waals surface area contributed by atoms with Gasteiger partial charge in [0.05, 0.1) is 0 Å². The van der Waals surface area contributed by atoms with Crippen LogP contribution in [0.4, 0.5) is 4.79 Å². The fraction of sp³-hybridized carbons (Fsp3) is 0.636. The van der Waals surface area contributed by atoms with Crippen molar-refractivity contribution >= 4 is 23.8 Å². The van der Waals surface area contributed by atoms with Crippen molar-refractivity contribution in [2.45, 2.75) is 63.9 Å². The highest BCUT2D eigenvalue weighted by Crippen LogP contribution is 2.36. The smallest absolute Gasteiger partial charge is 0.410 e. The third-order valence-electron chi connectivity index (χ3n) is 5.35. The van der Waals surface area contributed by atoms with Gasteiger partial charge in [-0.3, -0.25) is 9.69 Å². The van der Waals surface area contributed by atoms with Crippen molar-refractivity contribution in [2.75, 3.05) is 25.4 Å². The van der Waals surface area contributed by atoms with E-state index in [1.54, 1.807) is 4.90 Å². The maximum atomic E-state index is 13.2. The fourth-order valence-corrected chi connectivity index (χ4v) is 5.29. The minimum Gasteiger partial charge on any atom is -0.444 e. The predicted octanol–water partition coefficient (Wildman–Crippen LogP) is 4.40. The van der Waals surface area contributed by atoms with Crippen LogP contribution in [-0.4, -0.2) is 58.8 Å². The Labute approximate surface area is 172 Å². The van der Waals surface area contributed by atoms with E-state index in [1.807, 2.05) is 37.4 Å². The van der Waals surface area contributed by atoms with Crippen LogP contribution < -0.4 is 0 Å². The van der Waals surface area contributed by atoms with Crippen LogP contribution in [0.25, 0.3) is 0 Å². The summed E-state index contributed by atoms with van der Waals surface area (Å²) in [6.07, 6.45) is 2.15. The molecule has 2 heterocycles. The molecular weight excluding hydrogens is 372 g/mol. The molecule has 0 aromatic heterocycles. The van der Waals surface area contributed by atoms with Crippen LogP contribution in [0, 0.1) is 6.92 Å². The number of hydrogen-bond acceptors (Lipinski definition) is 4. The van der Waals surface area contributed by atoms with E-state index in [-0.39, 0.29) is 18.0 Å². The second-order valence-corrected chi connectivity index (χ2v) is 9.97. The summed E-state index contributed by atoms with van der Waals surface area (Å²) in [5.41, 5.74) is 2.14. The zero-order valence-electron chi connectivity index (χ0n) is 17.4. The van der Waals surface area contributed by atoms with Crippen LogP contribution in [0.2, 0.25) is 0 Å². The van der Waals surface area contributed by atoms with E-state index in [0.717, 1.165) is 38.1 Å². The van der Waals surface area contributed by atoms with Crippen LogP contribution in [0.5, 0.6) is 0 Å². The summed E-state index contributed by atoms with van der Waals surface area (Å²) in [4.78, 5) is 29.3. The molecule has 2 aliphatic heterocycles. The Hall–Kier alpha value is -1.69. The second kappa shape index (κ2) is 8.76. The number of thioether (sulfide) groups is 1. The molecule has 28 heavy (non-hydrogen) atoms. The van der Waals surface area contributed by atoms with E-state index in [1.165, 1.54) is 11.1 Å². The molecule has 1 aromatic rings. The van der Waals surface area contributed by atoms with Crippen molar-refractivity contribution in [3.8, 4) is 0 Å². The summed E-state index contributed by atoms with van der Waals surface area (Å²) in [7, 11) is 0. The first kappa shape index (κ1) is 21.0. The minimum absolute atomic E-state index is 0.0781. The second-order valence-electron chi connectivity index (χ2n) is 8.66. The van der Waals surface area contributed by atoms with Crippen molar-refractivity contribution in [2.24, 2.45) is 0 Å². The van der Waals surface area contributed by atoms with Gasteiger partial charge in [-0.2, -0.15) is 11.8 Å². The summed E-state index contributed by atoms with van der Waals surface area (Å²) >= 11 is 1.93. The van der Waals surface area contributed by atoms with Crippen molar-refractivity contribution < 1.29 is 14.3 Å². The molecule has 5 nitrogen and oxygen atoms in total. The molecule has 0 spiro atoms. The minimum atomic E-state index is -0.548. The number of carbonyl (C=O) groups excluding carboxylic acids is 2. The van der Waals surface area contributed by atoms with Crippen LogP contribution >= 0.6 is 11.8 Å². The molecular formula is C22H32N2O3S. The van der Waals surface area contributed by atoms with Gasteiger partial charge >= 0.3 is 6.09 Å². The summed E-state index contributed by atoms with van der Waals surface area (Å²) in [6, 6.07) is 8.14. The maximum Gasteiger partial charge on any atom is 0.410 e. The first-order valence-electron chi connectivity index (χ1n) is 10.2. The largest absolute Gasteiger partial charge is 0.444 e. The number of aryl methyl sites for hydroxylation is 1. The third kappa shape index (κ3) is 5.02. The molecule has 2 unspecified atom stereocenters. The molecule has 2 amide bonds. The summed E-state index contributed by atoms with van der Waals surface area (Å²) in [5, 5.41) is 0.421. The van der Waals surface area contributed by atoms with Gasteiger partial charge in [-0.25, -0.2) is 4.79 Å². The topological polar surface area (TPSA) is 49.9 Å². The van der Waals surface area contributed by atoms with Crippen LogP contribution in [0.1, 0.15) is 56.4 Å². The van der Waals surface area contributed by atoms with Gasteiger partial charge in [0, 0.05) is 30.6 Å². The number of nitrogens with zero attached hydrogens (tertiary/aromatic N) is 2. The predicted molar refractivity (Wildman–Crippen MR) is 114 cm³/mol. The summed E-state index contributed by atoms with van der Waals surface area (Å²) < 4.78 is 5.51. The quantitative estimate of drug-likeness (QED) is 0.733. The molecule has 1 aromatic carbocycles. The van der Waals surface area contributed by atoms with E-state index in [4.69, 9.17) is 4.74 Å². The van der Waals surface area contributed by atoms with Gasteiger partial charge in [0.1, 0.15) is 11.6 Å². The SMILES string of the molecule is Cc1ccccc1C1CCN(C(=O)C2CCCN2C(=O)OC(C)(C)C)CCS1. The van der Waals surface area contributed by atoms with Gasteiger partial charge in [-0.05, 0) is 58.1 Å². The molecule has 0 aliphatic carbocycles. The Morgan fingerprint density at radius 2 is 1.86 bits per heavy atom. The van der Waals surface area contributed by atoms with E-state index in [9.17, 15) is 9.59 Å². The van der Waals surface area contributed by atoms with Crippen molar-refractivity contribution in [1.29, 1.82) is 0 Å². The van der Waals surface area contributed by atoms with E-state index >= 15 is 0 Å². The van der Waals surface area contributed by atoms with Gasteiger partial charge < -0.3 is 9.64 Å². The molecule has 2 atom stereocenters. The molecule has 0 N–H and O–H groups in total. The molecule has 2 saturated heterocycles. The highest BCUT2D eigenvalue weighted by atomic mass is 32.2. The lowest BCUT2D eigenvalue weighted by molar-refractivity contribution is -0.135. The Kier molecular flexibility index (Phi) is 6.58. The average molecular weight is 405 g/mol. The lowest BCUT2D eigenvalue weighted by Crippen LogP contribution is -2.49. The molecule has 3 rings (SSSR count). The van der Waals surface area contributed by atoms with Crippen molar-refractivity contribution in [3.05, 3.63) is 35.4 Å². The van der Waals surface area contributed by atoms with Crippen molar-refractivity contribution in [1.82, 2.24) is 9.80 Å². The number of amides is 2. The highest BCUT2D eigenvalue weighted by molar-refractivity contribution is 7.99. The number of carbonyl (C=O) groups is 2. The number of ether oxygens (including phenoxy) is 1. The Balaban J connectivity index is 1.64.